The van der Waals surface area contributed by atoms with Crippen molar-refractivity contribution >= 4 is 17.6 Å². The van der Waals surface area contributed by atoms with Gasteiger partial charge in [-0.3, -0.25) is 14.4 Å². The molecule has 3 heterocycles. The Kier molecular flexibility index (Phi) is 3.79. The topological polar surface area (TPSA) is 64.9 Å². The molecule has 8 heteroatoms. The number of hydrogen-bond donors (Lipinski definition) is 0. The highest BCUT2D eigenvalue weighted by molar-refractivity contribution is 5.95. The van der Waals surface area contributed by atoms with Crippen molar-refractivity contribution in [1.82, 2.24) is 24.5 Å². The molecule has 1 aromatic heterocycles. The van der Waals surface area contributed by atoms with Crippen molar-refractivity contribution < 1.29 is 9.59 Å². The van der Waals surface area contributed by atoms with E-state index in [0.29, 0.717) is 19.6 Å². The Hall–Kier alpha value is -2.09. The smallest absolute Gasteiger partial charge is 0.319 e. The first-order valence-corrected chi connectivity index (χ1v) is 7.79. The SMILES string of the molecule is CN(C)C(=O)N1CC[C@]2(C1)CN(c1cnn(C)c1)C(=O)CN2C. The lowest BCUT2D eigenvalue weighted by atomic mass is 9.93. The fourth-order valence-electron chi connectivity index (χ4n) is 3.49. The molecule has 23 heavy (non-hydrogen) atoms. The van der Waals surface area contributed by atoms with Crippen LogP contribution in [-0.2, 0) is 11.8 Å². The van der Waals surface area contributed by atoms with E-state index in [1.807, 2.05) is 25.2 Å². The van der Waals surface area contributed by atoms with Gasteiger partial charge in [0.15, 0.2) is 0 Å². The van der Waals surface area contributed by atoms with Crippen LogP contribution >= 0.6 is 0 Å². The second kappa shape index (κ2) is 5.52. The number of carbonyl (C=O) groups is 2. The van der Waals surface area contributed by atoms with Crippen LogP contribution in [0.15, 0.2) is 12.4 Å². The molecule has 1 aromatic rings. The number of likely N-dealkylation sites (tertiary alicyclic amines) is 1. The van der Waals surface area contributed by atoms with E-state index in [9.17, 15) is 9.59 Å². The van der Waals surface area contributed by atoms with Crippen LogP contribution in [0.2, 0.25) is 0 Å². The number of nitrogens with zero attached hydrogens (tertiary/aromatic N) is 6. The van der Waals surface area contributed by atoms with E-state index in [2.05, 4.69) is 10.00 Å². The van der Waals surface area contributed by atoms with Gasteiger partial charge in [0.05, 0.1) is 24.0 Å². The Morgan fingerprint density at radius 2 is 2.04 bits per heavy atom. The molecule has 3 rings (SSSR count). The predicted molar refractivity (Wildman–Crippen MR) is 86.2 cm³/mol. The predicted octanol–water partition coefficient (Wildman–Crippen LogP) is -0.175. The van der Waals surface area contributed by atoms with Crippen molar-refractivity contribution in [2.45, 2.75) is 12.0 Å². The van der Waals surface area contributed by atoms with Crippen LogP contribution in [0, 0.1) is 0 Å². The largest absolute Gasteiger partial charge is 0.331 e. The normalized spacial score (nSPS) is 25.5. The highest BCUT2D eigenvalue weighted by Crippen LogP contribution is 2.33. The van der Waals surface area contributed by atoms with Gasteiger partial charge in [0.1, 0.15) is 0 Å². The molecule has 0 aromatic carbocycles. The van der Waals surface area contributed by atoms with Gasteiger partial charge >= 0.3 is 6.03 Å². The minimum atomic E-state index is -0.185. The molecule has 2 saturated heterocycles. The minimum Gasteiger partial charge on any atom is -0.331 e. The lowest BCUT2D eigenvalue weighted by Crippen LogP contribution is -2.64. The molecule has 2 aliphatic heterocycles. The molecule has 3 amide bonds. The Bertz CT molecular complexity index is 627. The van der Waals surface area contributed by atoms with Gasteiger partial charge in [-0.2, -0.15) is 5.10 Å². The van der Waals surface area contributed by atoms with Gasteiger partial charge in [0.2, 0.25) is 5.91 Å². The van der Waals surface area contributed by atoms with Gasteiger partial charge in [0, 0.05) is 47.0 Å². The fourth-order valence-corrected chi connectivity index (χ4v) is 3.49. The van der Waals surface area contributed by atoms with Crippen LogP contribution in [0.1, 0.15) is 6.42 Å². The van der Waals surface area contributed by atoms with Crippen LogP contribution < -0.4 is 4.90 Å². The maximum Gasteiger partial charge on any atom is 0.319 e. The summed E-state index contributed by atoms with van der Waals surface area (Å²) < 4.78 is 1.70. The molecule has 0 N–H and O–H groups in total. The maximum atomic E-state index is 12.4. The van der Waals surface area contributed by atoms with E-state index in [-0.39, 0.29) is 17.5 Å². The zero-order valence-corrected chi connectivity index (χ0v) is 14.2. The summed E-state index contributed by atoms with van der Waals surface area (Å²) in [5, 5.41) is 4.16. The van der Waals surface area contributed by atoms with Crippen molar-refractivity contribution in [2.24, 2.45) is 7.05 Å². The summed E-state index contributed by atoms with van der Waals surface area (Å²) >= 11 is 0. The number of aryl methyl sites for hydroxylation is 1. The highest BCUT2D eigenvalue weighted by atomic mass is 16.2. The summed E-state index contributed by atoms with van der Waals surface area (Å²) in [7, 11) is 7.35. The molecule has 8 nitrogen and oxygen atoms in total. The average molecular weight is 320 g/mol. The Morgan fingerprint density at radius 3 is 2.65 bits per heavy atom. The molecule has 1 atom stereocenters. The standard InChI is InChI=1S/C15H24N6O2/c1-17(2)14(23)20-6-5-15(10-20)11-21(13(22)9-18(15)3)12-7-16-19(4)8-12/h7-8H,5-6,9-11H2,1-4H3/t15-/m0/s1. The Balaban J connectivity index is 1.82. The third-order valence-corrected chi connectivity index (χ3v) is 4.92. The van der Waals surface area contributed by atoms with Gasteiger partial charge in [-0.1, -0.05) is 0 Å². The molecule has 2 aliphatic rings. The van der Waals surface area contributed by atoms with Crippen molar-refractivity contribution in [3.8, 4) is 0 Å². The third-order valence-electron chi connectivity index (χ3n) is 4.92. The van der Waals surface area contributed by atoms with Crippen LogP contribution in [0.3, 0.4) is 0 Å². The van der Waals surface area contributed by atoms with Crippen molar-refractivity contribution in [3.63, 3.8) is 0 Å². The van der Waals surface area contributed by atoms with Crippen molar-refractivity contribution in [2.75, 3.05) is 52.2 Å². The first kappa shape index (κ1) is 15.8. The molecule has 0 bridgehead atoms. The average Bonchev–Trinajstić information content (AvgIpc) is 3.10. The van der Waals surface area contributed by atoms with Crippen LogP contribution in [0.4, 0.5) is 10.5 Å². The van der Waals surface area contributed by atoms with Gasteiger partial charge < -0.3 is 14.7 Å². The molecule has 126 valence electrons. The number of likely N-dealkylation sites (N-methyl/N-ethyl adjacent to an activating group) is 1. The number of urea groups is 1. The summed E-state index contributed by atoms with van der Waals surface area (Å²) in [6, 6.07) is 0.0279. The number of piperazine rings is 1. The first-order valence-electron chi connectivity index (χ1n) is 7.79. The van der Waals surface area contributed by atoms with E-state index in [4.69, 9.17) is 0 Å². The molecule has 2 fully saturated rings. The highest BCUT2D eigenvalue weighted by Gasteiger charge is 2.49. The van der Waals surface area contributed by atoms with Crippen molar-refractivity contribution in [3.05, 3.63) is 12.4 Å². The van der Waals surface area contributed by atoms with Gasteiger partial charge in [-0.15, -0.1) is 0 Å². The molecule has 0 aliphatic carbocycles. The number of rotatable bonds is 1. The maximum absolute atomic E-state index is 12.4. The number of amides is 3. The second-order valence-corrected chi connectivity index (χ2v) is 6.78. The van der Waals surface area contributed by atoms with E-state index in [1.54, 1.807) is 34.8 Å². The monoisotopic (exact) mass is 320 g/mol. The summed E-state index contributed by atoms with van der Waals surface area (Å²) in [5.41, 5.74) is 0.637. The zero-order chi connectivity index (χ0) is 16.8. The van der Waals surface area contributed by atoms with E-state index >= 15 is 0 Å². The molecule has 0 unspecified atom stereocenters. The summed E-state index contributed by atoms with van der Waals surface area (Å²) in [5.74, 6) is 0.0727. The van der Waals surface area contributed by atoms with E-state index < -0.39 is 0 Å². The zero-order valence-electron chi connectivity index (χ0n) is 14.2. The lowest BCUT2D eigenvalue weighted by Gasteiger charge is -2.46. The fraction of sp³-hybridized carbons (Fsp3) is 0.667. The molecule has 1 spiro atoms. The number of anilines is 1. The Morgan fingerprint density at radius 1 is 1.30 bits per heavy atom. The number of carbonyl (C=O) groups excluding carboxylic acids is 2. The lowest BCUT2D eigenvalue weighted by molar-refractivity contribution is -0.123. The van der Waals surface area contributed by atoms with Crippen LogP contribution in [-0.4, -0.2) is 89.3 Å². The van der Waals surface area contributed by atoms with Crippen molar-refractivity contribution in [1.29, 1.82) is 0 Å². The van der Waals surface area contributed by atoms with E-state index in [0.717, 1.165) is 18.7 Å². The quantitative estimate of drug-likeness (QED) is 0.720. The Labute approximate surface area is 136 Å². The molecule has 0 radical (unpaired) electrons. The van der Waals surface area contributed by atoms with Gasteiger partial charge in [-0.25, -0.2) is 4.79 Å². The minimum absolute atomic E-state index is 0.0279. The van der Waals surface area contributed by atoms with Gasteiger partial charge in [-0.05, 0) is 13.5 Å². The summed E-state index contributed by atoms with van der Waals surface area (Å²) in [6.07, 6.45) is 4.44. The third kappa shape index (κ3) is 2.67. The number of hydrogen-bond acceptors (Lipinski definition) is 4. The molecular formula is C15H24N6O2. The first-order chi connectivity index (χ1) is 10.8. The van der Waals surface area contributed by atoms with Crippen LogP contribution in [0.5, 0.6) is 0 Å². The molecular weight excluding hydrogens is 296 g/mol. The summed E-state index contributed by atoms with van der Waals surface area (Å²) in [4.78, 5) is 32.0. The molecule has 0 saturated carbocycles. The van der Waals surface area contributed by atoms with Gasteiger partial charge in [0.25, 0.3) is 0 Å². The second-order valence-electron chi connectivity index (χ2n) is 6.78. The number of aromatic nitrogens is 2. The van der Waals surface area contributed by atoms with E-state index in [1.165, 1.54) is 0 Å². The van der Waals surface area contributed by atoms with Crippen LogP contribution in [0.25, 0.3) is 0 Å². The summed E-state index contributed by atoms with van der Waals surface area (Å²) in [6.45, 7) is 2.31.